The van der Waals surface area contributed by atoms with Crippen LogP contribution in [-0.4, -0.2) is 19.1 Å². The molecular formula is C50H29N5O. The highest BCUT2D eigenvalue weighted by molar-refractivity contribution is 6.26. The lowest BCUT2D eigenvalue weighted by molar-refractivity contribution is 0.666. The van der Waals surface area contributed by atoms with E-state index >= 15 is 0 Å². The zero-order chi connectivity index (χ0) is 36.5. The highest BCUT2D eigenvalue weighted by Crippen LogP contribution is 2.50. The molecule has 12 aromatic rings. The molecule has 0 radical (unpaired) electrons. The molecule has 6 nitrogen and oxygen atoms in total. The van der Waals surface area contributed by atoms with Crippen LogP contribution in [0.2, 0.25) is 0 Å². The van der Waals surface area contributed by atoms with Gasteiger partial charge in [0.1, 0.15) is 5.58 Å². The number of hydrogen-bond acceptors (Lipinski definition) is 4. The van der Waals surface area contributed by atoms with Gasteiger partial charge in [0.15, 0.2) is 5.58 Å². The number of rotatable bonds is 3. The van der Waals surface area contributed by atoms with Crippen LogP contribution in [0, 0.1) is 0 Å². The number of furan rings is 1. The van der Waals surface area contributed by atoms with Crippen LogP contribution in [0.3, 0.4) is 0 Å². The van der Waals surface area contributed by atoms with Crippen molar-refractivity contribution in [3.05, 3.63) is 176 Å². The van der Waals surface area contributed by atoms with Gasteiger partial charge in [-0.2, -0.15) is 0 Å². The molecule has 0 N–H and O–H groups in total. The van der Waals surface area contributed by atoms with Gasteiger partial charge in [-0.3, -0.25) is 4.57 Å². The van der Waals surface area contributed by atoms with Crippen LogP contribution in [0.25, 0.3) is 99.3 Å². The topological polar surface area (TPSA) is 52.0 Å². The van der Waals surface area contributed by atoms with Crippen molar-refractivity contribution in [1.29, 1.82) is 0 Å². The summed E-state index contributed by atoms with van der Waals surface area (Å²) >= 11 is 0. The van der Waals surface area contributed by atoms with E-state index in [-0.39, 0.29) is 0 Å². The first-order chi connectivity index (χ1) is 27.8. The maximum atomic E-state index is 6.63. The van der Waals surface area contributed by atoms with E-state index in [1.165, 1.54) is 0 Å². The average Bonchev–Trinajstić information content (AvgIpc) is 3.92. The molecule has 0 saturated carbocycles. The number of aromatic nitrogens is 4. The fraction of sp³-hybridized carbons (Fsp3) is 0. The van der Waals surface area contributed by atoms with Crippen LogP contribution in [0.1, 0.15) is 0 Å². The van der Waals surface area contributed by atoms with Crippen molar-refractivity contribution in [3.63, 3.8) is 0 Å². The Hall–Kier alpha value is -7.70. The predicted molar refractivity (Wildman–Crippen MR) is 229 cm³/mol. The second-order valence-electron chi connectivity index (χ2n) is 14.5. The molecule has 0 bridgehead atoms. The van der Waals surface area contributed by atoms with E-state index in [0.29, 0.717) is 5.95 Å². The smallest absolute Gasteiger partial charge is 0.235 e. The van der Waals surface area contributed by atoms with E-state index in [9.17, 15) is 0 Å². The van der Waals surface area contributed by atoms with Crippen molar-refractivity contribution in [2.24, 2.45) is 0 Å². The Bertz CT molecular complexity index is 3610. The number of nitrogens with zero attached hydrogens (tertiary/aromatic N) is 5. The molecule has 0 atom stereocenters. The Morgan fingerprint density at radius 3 is 1.98 bits per heavy atom. The van der Waals surface area contributed by atoms with Gasteiger partial charge in [-0.25, -0.2) is 9.97 Å². The molecule has 56 heavy (non-hydrogen) atoms. The van der Waals surface area contributed by atoms with Crippen molar-refractivity contribution in [2.75, 3.05) is 4.90 Å². The molecule has 0 amide bonds. The molecule has 6 heteroatoms. The minimum atomic E-state index is 0.641. The average molecular weight is 716 g/mol. The minimum absolute atomic E-state index is 0.641. The standard InChI is InChI=1S/C50H29N5O/c1-2-14-30(15-3-1)53-40-24-10-6-19-36(40)47-46-37(21-13-25-41(46)53)51-50(52-47)55-38-22-8-4-16-31(38)33-28-29-42-45(48(33)55)35-18-5-9-23-39(35)54(42)43-26-12-20-34-32-17-7-11-27-44(32)56-49(34)43/h1-29H. The summed E-state index contributed by atoms with van der Waals surface area (Å²) in [6.07, 6.45) is 0. The maximum Gasteiger partial charge on any atom is 0.235 e. The third-order valence-electron chi connectivity index (χ3n) is 11.6. The van der Waals surface area contributed by atoms with Gasteiger partial charge >= 0.3 is 0 Å². The second kappa shape index (κ2) is 10.9. The number of fused-ring (bicyclic) bond motifs is 12. The fourth-order valence-electron chi connectivity index (χ4n) is 9.37. The molecule has 0 fully saturated rings. The molecule has 1 aliphatic heterocycles. The van der Waals surface area contributed by atoms with Crippen LogP contribution in [0.15, 0.2) is 180 Å². The zero-order valence-electron chi connectivity index (χ0n) is 29.9. The summed E-state index contributed by atoms with van der Waals surface area (Å²) in [7, 11) is 0. The molecule has 0 saturated heterocycles. The van der Waals surface area contributed by atoms with Gasteiger partial charge < -0.3 is 13.9 Å². The summed E-state index contributed by atoms with van der Waals surface area (Å²) in [5.74, 6) is 0.641. The first kappa shape index (κ1) is 29.7. The van der Waals surface area contributed by atoms with Crippen molar-refractivity contribution >= 4 is 93.5 Å². The monoisotopic (exact) mass is 715 g/mol. The van der Waals surface area contributed by atoms with E-state index in [2.05, 4.69) is 178 Å². The van der Waals surface area contributed by atoms with E-state index < -0.39 is 0 Å². The van der Waals surface area contributed by atoms with Gasteiger partial charge in [-0.15, -0.1) is 0 Å². The van der Waals surface area contributed by atoms with Crippen molar-refractivity contribution in [2.45, 2.75) is 0 Å². The Labute approximate surface area is 319 Å². The summed E-state index contributed by atoms with van der Waals surface area (Å²) in [6.45, 7) is 0. The third-order valence-corrected chi connectivity index (χ3v) is 11.6. The lowest BCUT2D eigenvalue weighted by atomic mass is 9.96. The maximum absolute atomic E-state index is 6.63. The molecule has 8 aromatic carbocycles. The normalized spacial score (nSPS) is 12.6. The molecule has 260 valence electrons. The minimum Gasteiger partial charge on any atom is -0.454 e. The summed E-state index contributed by atoms with van der Waals surface area (Å²) in [5, 5.41) is 7.86. The zero-order valence-corrected chi connectivity index (χ0v) is 29.9. The van der Waals surface area contributed by atoms with E-state index in [4.69, 9.17) is 14.4 Å². The van der Waals surface area contributed by atoms with Crippen molar-refractivity contribution in [3.8, 4) is 22.9 Å². The van der Waals surface area contributed by atoms with Gasteiger partial charge in [-0.05, 0) is 60.7 Å². The Kier molecular flexibility index (Phi) is 5.80. The molecular weight excluding hydrogens is 687 g/mol. The first-order valence-corrected chi connectivity index (χ1v) is 18.9. The quantitative estimate of drug-likeness (QED) is 0.183. The predicted octanol–water partition coefficient (Wildman–Crippen LogP) is 13.2. The molecule has 13 rings (SSSR count). The van der Waals surface area contributed by atoms with Gasteiger partial charge in [0, 0.05) is 43.6 Å². The summed E-state index contributed by atoms with van der Waals surface area (Å²) in [6, 6.07) is 62.1. The lowest BCUT2D eigenvalue weighted by Crippen LogP contribution is -2.16. The Balaban J connectivity index is 1.16. The van der Waals surface area contributed by atoms with Crippen molar-refractivity contribution in [1.82, 2.24) is 19.1 Å². The lowest BCUT2D eigenvalue weighted by Gasteiger charge is -2.32. The highest BCUT2D eigenvalue weighted by Gasteiger charge is 2.29. The first-order valence-electron chi connectivity index (χ1n) is 18.9. The van der Waals surface area contributed by atoms with Gasteiger partial charge in [-0.1, -0.05) is 115 Å². The Morgan fingerprint density at radius 2 is 1.09 bits per heavy atom. The van der Waals surface area contributed by atoms with Gasteiger partial charge in [0.25, 0.3) is 0 Å². The largest absolute Gasteiger partial charge is 0.454 e. The molecule has 1 aliphatic rings. The summed E-state index contributed by atoms with van der Waals surface area (Å²) in [5.41, 5.74) is 13.3. The molecule has 0 spiro atoms. The van der Waals surface area contributed by atoms with Gasteiger partial charge in [0.2, 0.25) is 5.95 Å². The van der Waals surface area contributed by atoms with E-state index in [0.717, 1.165) is 110 Å². The molecule has 0 aliphatic carbocycles. The van der Waals surface area contributed by atoms with Crippen LogP contribution in [-0.2, 0) is 0 Å². The summed E-state index contributed by atoms with van der Waals surface area (Å²) in [4.78, 5) is 13.3. The van der Waals surface area contributed by atoms with Crippen LogP contribution >= 0.6 is 0 Å². The second-order valence-corrected chi connectivity index (χ2v) is 14.5. The fourth-order valence-corrected chi connectivity index (χ4v) is 9.37. The van der Waals surface area contributed by atoms with Crippen molar-refractivity contribution < 1.29 is 4.42 Å². The molecule has 4 aromatic heterocycles. The number of benzene rings is 8. The van der Waals surface area contributed by atoms with E-state index in [1.807, 2.05) is 12.1 Å². The number of anilines is 3. The van der Waals surface area contributed by atoms with E-state index in [1.54, 1.807) is 0 Å². The number of hydrogen-bond donors (Lipinski definition) is 0. The number of para-hydroxylation sites is 6. The summed E-state index contributed by atoms with van der Waals surface area (Å²) < 4.78 is 11.3. The van der Waals surface area contributed by atoms with Gasteiger partial charge in [0.05, 0.1) is 55.7 Å². The molecule has 5 heterocycles. The SMILES string of the molecule is c1ccc(N2c3ccccc3-c3nc(-n4c5ccccc5c5ccc6c(c7ccccc7n6-c6cccc7c6oc6ccccc67)c54)nc4cccc2c34)cc1. The van der Waals surface area contributed by atoms with Crippen LogP contribution in [0.4, 0.5) is 17.1 Å². The Morgan fingerprint density at radius 1 is 0.411 bits per heavy atom. The van der Waals surface area contributed by atoms with Crippen LogP contribution in [0.5, 0.6) is 0 Å². The third kappa shape index (κ3) is 3.84. The highest BCUT2D eigenvalue weighted by atomic mass is 16.3. The van der Waals surface area contributed by atoms with Crippen LogP contribution < -0.4 is 4.90 Å². The molecule has 0 unspecified atom stereocenters.